The molecule has 0 aromatic heterocycles. The number of carbonyl (C=O) groups excluding carboxylic acids is 1. The molecule has 0 aliphatic rings. The molecule has 0 spiro atoms. The highest BCUT2D eigenvalue weighted by Crippen LogP contribution is 2.27. The van der Waals surface area contributed by atoms with E-state index in [9.17, 15) is 31.1 Å². The van der Waals surface area contributed by atoms with Crippen LogP contribution in [0.1, 0.15) is 10.4 Å². The maximum Gasteiger partial charge on any atom is 0.406 e. The van der Waals surface area contributed by atoms with Crippen LogP contribution < -0.4 is 0 Å². The van der Waals surface area contributed by atoms with E-state index in [0.717, 1.165) is 0 Å². The molecule has 0 fully saturated rings. The smallest absolute Gasteiger partial charge is 0.406 e. The molecular formula is C11H8ClF6NO2. The first-order chi connectivity index (χ1) is 9.58. The number of nitrogens with zero attached hydrogens (tertiary/aromatic N) is 1. The Morgan fingerprint density at radius 2 is 1.81 bits per heavy atom. The fourth-order valence-electron chi connectivity index (χ4n) is 1.49. The third-order valence-electron chi connectivity index (χ3n) is 2.38. The highest BCUT2D eigenvalue weighted by atomic mass is 35.5. The standard InChI is InChI=1S/C11H8ClF6NO2/c12-1-2-19(4-11(16,17)18)10(21)5-3-6(13)8(15)9(20)7(5)14/h3,20H,1-2,4H2. The average molecular weight is 336 g/mol. The SMILES string of the molecule is O=C(c1cc(F)c(F)c(O)c1F)N(CCCl)CC(F)(F)F. The molecule has 21 heavy (non-hydrogen) atoms. The van der Waals surface area contributed by atoms with Crippen LogP contribution in [0.4, 0.5) is 26.3 Å². The number of hydrogen-bond acceptors (Lipinski definition) is 2. The van der Waals surface area contributed by atoms with Crippen molar-refractivity contribution in [3.8, 4) is 5.75 Å². The van der Waals surface area contributed by atoms with Gasteiger partial charge >= 0.3 is 6.18 Å². The Kier molecular flexibility index (Phi) is 5.32. The van der Waals surface area contributed by atoms with Gasteiger partial charge in [-0.1, -0.05) is 0 Å². The zero-order valence-electron chi connectivity index (χ0n) is 10.1. The second-order valence-electron chi connectivity index (χ2n) is 3.91. The Morgan fingerprint density at radius 1 is 1.24 bits per heavy atom. The van der Waals surface area contributed by atoms with Gasteiger partial charge in [-0.25, -0.2) is 8.78 Å². The van der Waals surface area contributed by atoms with E-state index < -0.39 is 53.9 Å². The first-order valence-electron chi connectivity index (χ1n) is 5.37. The molecule has 0 heterocycles. The van der Waals surface area contributed by atoms with Gasteiger partial charge in [0.05, 0.1) is 5.56 Å². The number of carbonyl (C=O) groups is 1. The molecule has 0 aliphatic carbocycles. The Bertz CT molecular complexity index is 548. The van der Waals surface area contributed by atoms with E-state index in [-0.39, 0.29) is 16.8 Å². The molecule has 1 N–H and O–H groups in total. The summed E-state index contributed by atoms with van der Waals surface area (Å²) >= 11 is 5.25. The highest BCUT2D eigenvalue weighted by molar-refractivity contribution is 6.18. The van der Waals surface area contributed by atoms with Crippen LogP contribution in [0.25, 0.3) is 0 Å². The molecule has 1 aromatic carbocycles. The van der Waals surface area contributed by atoms with Crippen molar-refractivity contribution in [3.05, 3.63) is 29.1 Å². The predicted octanol–water partition coefficient (Wildman–Crippen LogP) is 3.05. The number of alkyl halides is 4. The van der Waals surface area contributed by atoms with Gasteiger partial charge in [-0.05, 0) is 6.07 Å². The van der Waals surface area contributed by atoms with Crippen LogP contribution in [0, 0.1) is 17.5 Å². The van der Waals surface area contributed by atoms with Gasteiger partial charge in [0.1, 0.15) is 6.54 Å². The second kappa shape index (κ2) is 6.42. The Labute approximate surface area is 119 Å². The number of phenols is 1. The molecule has 0 unspecified atom stereocenters. The molecule has 0 saturated heterocycles. The number of benzene rings is 1. The molecule has 3 nitrogen and oxygen atoms in total. The number of rotatable bonds is 4. The maximum absolute atomic E-state index is 13.5. The normalized spacial score (nSPS) is 11.6. The van der Waals surface area contributed by atoms with Crippen LogP contribution in [0.5, 0.6) is 5.75 Å². The lowest BCUT2D eigenvalue weighted by Gasteiger charge is -2.23. The van der Waals surface area contributed by atoms with E-state index >= 15 is 0 Å². The Balaban J connectivity index is 3.21. The topological polar surface area (TPSA) is 40.5 Å². The number of phenolic OH excluding ortho intramolecular Hbond substituents is 1. The van der Waals surface area contributed by atoms with Gasteiger partial charge in [0.15, 0.2) is 17.4 Å². The predicted molar refractivity (Wildman–Crippen MR) is 60.7 cm³/mol. The Morgan fingerprint density at radius 3 is 2.29 bits per heavy atom. The highest BCUT2D eigenvalue weighted by Gasteiger charge is 2.34. The summed E-state index contributed by atoms with van der Waals surface area (Å²) in [5.41, 5.74) is -1.22. The first-order valence-corrected chi connectivity index (χ1v) is 5.90. The summed E-state index contributed by atoms with van der Waals surface area (Å²) in [5.74, 6) is -9.30. The van der Waals surface area contributed by atoms with Crippen molar-refractivity contribution >= 4 is 17.5 Å². The minimum absolute atomic E-state index is 0.0737. The van der Waals surface area contributed by atoms with Gasteiger partial charge in [-0.15, -0.1) is 11.6 Å². The third-order valence-corrected chi connectivity index (χ3v) is 2.54. The van der Waals surface area contributed by atoms with Crippen molar-refractivity contribution in [1.29, 1.82) is 0 Å². The summed E-state index contributed by atoms with van der Waals surface area (Å²) in [6.07, 6.45) is -4.79. The van der Waals surface area contributed by atoms with Crippen LogP contribution in [-0.4, -0.2) is 41.1 Å². The van der Waals surface area contributed by atoms with Crippen molar-refractivity contribution in [3.63, 3.8) is 0 Å². The van der Waals surface area contributed by atoms with Gasteiger partial charge in [-0.3, -0.25) is 4.79 Å². The zero-order valence-corrected chi connectivity index (χ0v) is 10.9. The average Bonchev–Trinajstić information content (AvgIpc) is 2.38. The van der Waals surface area contributed by atoms with Crippen LogP contribution >= 0.6 is 11.6 Å². The molecule has 1 amide bonds. The molecule has 0 aliphatic heterocycles. The Hall–Kier alpha value is -1.64. The quantitative estimate of drug-likeness (QED) is 0.522. The lowest BCUT2D eigenvalue weighted by molar-refractivity contribution is -0.140. The second-order valence-corrected chi connectivity index (χ2v) is 4.29. The number of halogens is 7. The van der Waals surface area contributed by atoms with Crippen LogP contribution in [0.3, 0.4) is 0 Å². The van der Waals surface area contributed by atoms with Gasteiger partial charge < -0.3 is 10.0 Å². The van der Waals surface area contributed by atoms with E-state index in [0.29, 0.717) is 0 Å². The maximum atomic E-state index is 13.5. The van der Waals surface area contributed by atoms with E-state index in [4.69, 9.17) is 16.7 Å². The van der Waals surface area contributed by atoms with Gasteiger partial charge in [0.25, 0.3) is 5.91 Å². The summed E-state index contributed by atoms with van der Waals surface area (Å²) in [4.78, 5) is 11.9. The lowest BCUT2D eigenvalue weighted by Crippen LogP contribution is -2.40. The van der Waals surface area contributed by atoms with E-state index in [1.54, 1.807) is 0 Å². The minimum atomic E-state index is -4.79. The molecule has 118 valence electrons. The van der Waals surface area contributed by atoms with Crippen LogP contribution in [0.2, 0.25) is 0 Å². The molecule has 1 aromatic rings. The summed E-state index contributed by atoms with van der Waals surface area (Å²) in [6, 6.07) is 0.0737. The van der Waals surface area contributed by atoms with Crippen molar-refractivity contribution in [1.82, 2.24) is 4.90 Å². The van der Waals surface area contributed by atoms with E-state index in [1.165, 1.54) is 0 Å². The van der Waals surface area contributed by atoms with E-state index in [1.807, 2.05) is 0 Å². The van der Waals surface area contributed by atoms with Crippen LogP contribution in [-0.2, 0) is 0 Å². The van der Waals surface area contributed by atoms with Crippen LogP contribution in [0.15, 0.2) is 6.07 Å². The summed E-state index contributed by atoms with van der Waals surface area (Å²) in [7, 11) is 0. The zero-order chi connectivity index (χ0) is 16.4. The summed E-state index contributed by atoms with van der Waals surface area (Å²) < 4.78 is 76.4. The molecule has 0 atom stereocenters. The monoisotopic (exact) mass is 335 g/mol. The number of amides is 1. The van der Waals surface area contributed by atoms with Crippen molar-refractivity contribution in [2.45, 2.75) is 6.18 Å². The van der Waals surface area contributed by atoms with Crippen molar-refractivity contribution in [2.24, 2.45) is 0 Å². The summed E-state index contributed by atoms with van der Waals surface area (Å²) in [5, 5.41) is 8.95. The summed E-state index contributed by atoms with van der Waals surface area (Å²) in [6.45, 7) is -2.35. The lowest BCUT2D eigenvalue weighted by atomic mass is 10.1. The van der Waals surface area contributed by atoms with Gasteiger partial charge in [0, 0.05) is 12.4 Å². The molecule has 0 radical (unpaired) electrons. The first kappa shape index (κ1) is 17.4. The fraction of sp³-hybridized carbons (Fsp3) is 0.364. The largest absolute Gasteiger partial charge is 0.503 e. The molecule has 0 saturated carbocycles. The van der Waals surface area contributed by atoms with Crippen molar-refractivity contribution < 1.29 is 36.2 Å². The van der Waals surface area contributed by atoms with Crippen molar-refractivity contribution in [2.75, 3.05) is 19.0 Å². The third kappa shape index (κ3) is 4.16. The van der Waals surface area contributed by atoms with E-state index in [2.05, 4.69) is 0 Å². The number of aromatic hydroxyl groups is 1. The molecule has 0 bridgehead atoms. The number of hydrogen-bond donors (Lipinski definition) is 1. The molecule has 1 rings (SSSR count). The molecule has 10 heteroatoms. The van der Waals surface area contributed by atoms with Gasteiger partial charge in [0.2, 0.25) is 5.82 Å². The molecular weight excluding hydrogens is 328 g/mol. The minimum Gasteiger partial charge on any atom is -0.503 e. The fourth-order valence-corrected chi connectivity index (χ4v) is 1.69. The van der Waals surface area contributed by atoms with Gasteiger partial charge in [-0.2, -0.15) is 17.6 Å².